The first-order chi connectivity index (χ1) is 12.3. The van der Waals surface area contributed by atoms with Gasteiger partial charge in [0.2, 0.25) is 0 Å². The number of rotatable bonds is 5. The van der Waals surface area contributed by atoms with Crippen molar-refractivity contribution >= 4 is 6.09 Å². The van der Waals surface area contributed by atoms with Gasteiger partial charge < -0.3 is 10.1 Å². The van der Waals surface area contributed by atoms with E-state index in [9.17, 15) is 22.4 Å². The summed E-state index contributed by atoms with van der Waals surface area (Å²) in [5.74, 6) is -1.31. The zero-order valence-corrected chi connectivity index (χ0v) is 14.5. The molecule has 1 aromatic carbocycles. The molecule has 1 saturated heterocycles. The van der Waals surface area contributed by atoms with Gasteiger partial charge >= 0.3 is 12.3 Å². The second-order valence-corrected chi connectivity index (χ2v) is 6.83. The maximum absolute atomic E-state index is 13.6. The highest BCUT2D eigenvalue weighted by Gasteiger charge is 2.53. The molecule has 3 rings (SSSR count). The van der Waals surface area contributed by atoms with Gasteiger partial charge in [-0.1, -0.05) is 6.07 Å². The summed E-state index contributed by atoms with van der Waals surface area (Å²) in [4.78, 5) is 14.0. The van der Waals surface area contributed by atoms with Gasteiger partial charge in [-0.2, -0.15) is 13.2 Å². The number of carbonyl (C=O) groups is 1. The van der Waals surface area contributed by atoms with Gasteiger partial charge in [0.15, 0.2) is 0 Å². The highest BCUT2D eigenvalue weighted by atomic mass is 19.4. The van der Waals surface area contributed by atoms with E-state index in [0.29, 0.717) is 24.9 Å². The summed E-state index contributed by atoms with van der Waals surface area (Å²) in [6.45, 7) is 3.07. The summed E-state index contributed by atoms with van der Waals surface area (Å²) >= 11 is 0. The third kappa shape index (κ3) is 3.65. The monoisotopic (exact) mass is 374 g/mol. The minimum atomic E-state index is -4.78. The lowest BCUT2D eigenvalue weighted by molar-refractivity contribution is -0.140. The first-order valence-corrected chi connectivity index (χ1v) is 8.83. The van der Waals surface area contributed by atoms with Crippen LogP contribution in [-0.4, -0.2) is 36.7 Å². The standard InChI is InChI=1S/C18H22F4N2O2/c1-2-26-16(25)24(11-13-4-3-9-23-13)17(7-8-17)12-5-6-15(19)14(10-12)18(20,21)22/h5-6,10,13,23H,2-4,7-9,11H2,1H3/t13-/m1/s1. The van der Waals surface area contributed by atoms with Gasteiger partial charge in [0.25, 0.3) is 0 Å². The fourth-order valence-electron chi connectivity index (χ4n) is 3.62. The van der Waals surface area contributed by atoms with Gasteiger partial charge in [-0.25, -0.2) is 9.18 Å². The molecule has 1 aliphatic carbocycles. The van der Waals surface area contributed by atoms with Gasteiger partial charge in [-0.15, -0.1) is 0 Å². The number of hydrogen-bond donors (Lipinski definition) is 1. The largest absolute Gasteiger partial charge is 0.450 e. The first-order valence-electron chi connectivity index (χ1n) is 8.83. The van der Waals surface area contributed by atoms with Crippen molar-refractivity contribution in [3.05, 3.63) is 35.1 Å². The molecule has 1 aromatic rings. The van der Waals surface area contributed by atoms with Crippen LogP contribution in [0.5, 0.6) is 0 Å². The van der Waals surface area contributed by atoms with E-state index in [-0.39, 0.29) is 12.6 Å². The molecule has 1 saturated carbocycles. The SMILES string of the molecule is CCOC(=O)N(C[C@H]1CCCN1)C1(c2ccc(F)c(C(F)(F)F)c2)CC1. The highest BCUT2D eigenvalue weighted by Crippen LogP contribution is 2.52. The Labute approximate surface area is 149 Å². The third-order valence-electron chi connectivity index (χ3n) is 5.10. The number of benzene rings is 1. The minimum absolute atomic E-state index is 0.0828. The number of amides is 1. The molecule has 1 N–H and O–H groups in total. The van der Waals surface area contributed by atoms with Crippen LogP contribution in [0.2, 0.25) is 0 Å². The molecule has 2 fully saturated rings. The van der Waals surface area contributed by atoms with Crippen LogP contribution in [0.15, 0.2) is 18.2 Å². The van der Waals surface area contributed by atoms with Crippen LogP contribution in [0, 0.1) is 5.82 Å². The van der Waals surface area contributed by atoms with Crippen LogP contribution in [-0.2, 0) is 16.5 Å². The van der Waals surface area contributed by atoms with E-state index in [2.05, 4.69) is 5.32 Å². The average Bonchev–Trinajstić information content (AvgIpc) is 3.20. The Hall–Kier alpha value is -1.83. The molecule has 0 bridgehead atoms. The van der Waals surface area contributed by atoms with Crippen molar-refractivity contribution in [2.45, 2.75) is 50.4 Å². The maximum Gasteiger partial charge on any atom is 0.419 e. The van der Waals surface area contributed by atoms with Crippen LogP contribution >= 0.6 is 0 Å². The molecule has 1 heterocycles. The van der Waals surface area contributed by atoms with Crippen molar-refractivity contribution in [3.63, 3.8) is 0 Å². The Morgan fingerprint density at radius 1 is 1.38 bits per heavy atom. The Morgan fingerprint density at radius 2 is 2.12 bits per heavy atom. The molecule has 0 unspecified atom stereocenters. The Balaban J connectivity index is 1.93. The lowest BCUT2D eigenvalue weighted by atomic mass is 9.99. The van der Waals surface area contributed by atoms with Crippen molar-refractivity contribution in [3.8, 4) is 0 Å². The molecule has 26 heavy (non-hydrogen) atoms. The van der Waals surface area contributed by atoms with Gasteiger partial charge in [-0.3, -0.25) is 4.90 Å². The molecule has 4 nitrogen and oxygen atoms in total. The summed E-state index contributed by atoms with van der Waals surface area (Å²) in [5.41, 5.74) is -1.86. The summed E-state index contributed by atoms with van der Waals surface area (Å²) in [6.07, 6.45) is -2.38. The zero-order chi connectivity index (χ0) is 18.9. The van der Waals surface area contributed by atoms with E-state index in [1.165, 1.54) is 11.0 Å². The fraction of sp³-hybridized carbons (Fsp3) is 0.611. The quantitative estimate of drug-likeness (QED) is 0.791. The molecule has 0 spiro atoms. The van der Waals surface area contributed by atoms with Gasteiger partial charge in [0.1, 0.15) is 5.82 Å². The predicted molar refractivity (Wildman–Crippen MR) is 87.1 cm³/mol. The van der Waals surface area contributed by atoms with E-state index in [4.69, 9.17) is 4.74 Å². The molecule has 2 aliphatic rings. The van der Waals surface area contributed by atoms with Crippen LogP contribution in [0.25, 0.3) is 0 Å². The van der Waals surface area contributed by atoms with Crippen molar-refractivity contribution in [2.24, 2.45) is 0 Å². The number of ether oxygens (including phenoxy) is 1. The zero-order valence-electron chi connectivity index (χ0n) is 14.5. The summed E-state index contributed by atoms with van der Waals surface area (Å²) in [7, 11) is 0. The summed E-state index contributed by atoms with van der Waals surface area (Å²) in [5, 5.41) is 3.29. The van der Waals surface area contributed by atoms with Crippen LogP contribution < -0.4 is 5.32 Å². The number of halogens is 4. The van der Waals surface area contributed by atoms with E-state index in [0.717, 1.165) is 31.5 Å². The highest BCUT2D eigenvalue weighted by molar-refractivity contribution is 5.70. The van der Waals surface area contributed by atoms with Crippen LogP contribution in [0.4, 0.5) is 22.4 Å². The normalized spacial score (nSPS) is 21.5. The minimum Gasteiger partial charge on any atom is -0.450 e. The number of nitrogens with one attached hydrogen (secondary N) is 1. The van der Waals surface area contributed by atoms with Crippen molar-refractivity contribution in [2.75, 3.05) is 19.7 Å². The molecular weight excluding hydrogens is 352 g/mol. The van der Waals surface area contributed by atoms with Gasteiger partial charge in [-0.05, 0) is 56.8 Å². The van der Waals surface area contributed by atoms with Crippen molar-refractivity contribution < 1.29 is 27.1 Å². The third-order valence-corrected chi connectivity index (χ3v) is 5.10. The number of nitrogens with zero attached hydrogens (tertiary/aromatic N) is 1. The predicted octanol–water partition coefficient (Wildman–Crippen LogP) is 4.04. The topological polar surface area (TPSA) is 41.6 Å². The second-order valence-electron chi connectivity index (χ2n) is 6.83. The Morgan fingerprint density at radius 3 is 2.65 bits per heavy atom. The second kappa shape index (κ2) is 7.06. The van der Waals surface area contributed by atoms with E-state index < -0.39 is 29.2 Å². The average molecular weight is 374 g/mol. The molecule has 144 valence electrons. The lowest BCUT2D eigenvalue weighted by Crippen LogP contribution is -2.47. The number of hydrogen-bond acceptors (Lipinski definition) is 3. The first kappa shape index (κ1) is 18.9. The van der Waals surface area contributed by atoms with Crippen LogP contribution in [0.1, 0.15) is 43.7 Å². The molecule has 8 heteroatoms. The van der Waals surface area contributed by atoms with E-state index in [1.807, 2.05) is 0 Å². The maximum atomic E-state index is 13.6. The number of alkyl halides is 3. The molecule has 0 aromatic heterocycles. The molecule has 0 radical (unpaired) electrons. The van der Waals surface area contributed by atoms with Crippen LogP contribution in [0.3, 0.4) is 0 Å². The van der Waals surface area contributed by atoms with Gasteiger partial charge in [0, 0.05) is 12.6 Å². The van der Waals surface area contributed by atoms with Crippen molar-refractivity contribution in [1.82, 2.24) is 10.2 Å². The molecule has 1 amide bonds. The molecule has 1 aliphatic heterocycles. The fourth-order valence-corrected chi connectivity index (χ4v) is 3.62. The Bertz CT molecular complexity index is 668. The summed E-state index contributed by atoms with van der Waals surface area (Å²) < 4.78 is 58.1. The number of carbonyl (C=O) groups excluding carboxylic acids is 1. The molecule has 1 atom stereocenters. The Kier molecular flexibility index (Phi) is 5.14. The van der Waals surface area contributed by atoms with Crippen molar-refractivity contribution in [1.29, 1.82) is 0 Å². The summed E-state index contributed by atoms with van der Waals surface area (Å²) in [6, 6.07) is 3.08. The smallest absolute Gasteiger partial charge is 0.419 e. The lowest BCUT2D eigenvalue weighted by Gasteiger charge is -2.34. The van der Waals surface area contributed by atoms with E-state index >= 15 is 0 Å². The van der Waals surface area contributed by atoms with Gasteiger partial charge in [0.05, 0.1) is 17.7 Å². The van der Waals surface area contributed by atoms with E-state index in [1.54, 1.807) is 6.92 Å². The molecular formula is C18H22F4N2O2.